The zero-order valence-electron chi connectivity index (χ0n) is 22.9. The van der Waals surface area contributed by atoms with Crippen LogP contribution in [0, 0.1) is 0 Å². The van der Waals surface area contributed by atoms with E-state index in [1.54, 1.807) is 6.26 Å². The van der Waals surface area contributed by atoms with Crippen molar-refractivity contribution in [1.82, 2.24) is 0 Å². The lowest BCUT2D eigenvalue weighted by atomic mass is 9.85. The molecule has 0 aliphatic heterocycles. The van der Waals surface area contributed by atoms with Gasteiger partial charge in [-0.1, -0.05) is 78.9 Å². The molecule has 0 radical (unpaired) electrons. The van der Waals surface area contributed by atoms with E-state index in [0.29, 0.717) is 0 Å². The van der Waals surface area contributed by atoms with E-state index in [1.807, 2.05) is 30.3 Å². The van der Waals surface area contributed by atoms with Crippen LogP contribution in [-0.4, -0.2) is 0 Å². The topological polar surface area (TPSA) is 39.4 Å². The minimum absolute atomic E-state index is 0.869. The summed E-state index contributed by atoms with van der Waals surface area (Å²) in [5, 5.41) is 10.4. The van der Waals surface area contributed by atoms with Crippen LogP contribution in [-0.2, 0) is 0 Å². The normalized spacial score (nSPS) is 12.2. The lowest BCUT2D eigenvalue weighted by Crippen LogP contribution is -1.90. The smallest absolute Gasteiger partial charge is 0.136 e. The second-order valence-electron chi connectivity index (χ2n) is 11.2. The van der Waals surface area contributed by atoms with Crippen LogP contribution in [0.25, 0.3) is 98.6 Å². The van der Waals surface area contributed by atoms with Crippen molar-refractivity contribution in [3.05, 3.63) is 134 Å². The molecule has 0 atom stereocenters. The molecule has 7 aromatic carbocycles. The van der Waals surface area contributed by atoms with E-state index in [4.69, 9.17) is 13.3 Å². The summed E-state index contributed by atoms with van der Waals surface area (Å²) in [6.45, 7) is 0. The van der Waals surface area contributed by atoms with Gasteiger partial charge in [0.15, 0.2) is 0 Å². The predicted molar refractivity (Wildman–Crippen MR) is 177 cm³/mol. The first-order chi connectivity index (χ1) is 21.3. The van der Waals surface area contributed by atoms with Crippen molar-refractivity contribution in [3.8, 4) is 22.3 Å². The summed E-state index contributed by atoms with van der Waals surface area (Å²) >= 11 is 0. The third-order valence-corrected chi connectivity index (χ3v) is 8.95. The fourth-order valence-corrected chi connectivity index (χ4v) is 7.11. The Bertz CT molecular complexity index is 2680. The van der Waals surface area contributed by atoms with E-state index in [2.05, 4.69) is 97.1 Å². The van der Waals surface area contributed by atoms with Gasteiger partial charge in [-0.15, -0.1) is 0 Å². The van der Waals surface area contributed by atoms with Gasteiger partial charge in [0.2, 0.25) is 0 Å². The van der Waals surface area contributed by atoms with E-state index < -0.39 is 0 Å². The summed E-state index contributed by atoms with van der Waals surface area (Å²) < 4.78 is 18.3. The summed E-state index contributed by atoms with van der Waals surface area (Å²) in [7, 11) is 0. The van der Waals surface area contributed by atoms with E-state index >= 15 is 0 Å². The first-order valence-electron chi connectivity index (χ1n) is 14.5. The highest BCUT2D eigenvalue weighted by Crippen LogP contribution is 2.46. The van der Waals surface area contributed by atoms with Crippen molar-refractivity contribution in [2.75, 3.05) is 0 Å². The van der Waals surface area contributed by atoms with Crippen LogP contribution >= 0.6 is 0 Å². The number of hydrogen-bond acceptors (Lipinski definition) is 3. The molecular formula is C40H22O3. The maximum absolute atomic E-state index is 6.43. The minimum Gasteiger partial charge on any atom is -0.464 e. The molecule has 0 N–H and O–H groups in total. The van der Waals surface area contributed by atoms with Crippen molar-refractivity contribution in [2.24, 2.45) is 0 Å². The molecule has 3 nitrogen and oxygen atoms in total. The second kappa shape index (κ2) is 8.37. The molecule has 43 heavy (non-hydrogen) atoms. The third kappa shape index (κ3) is 3.14. The first kappa shape index (κ1) is 22.8. The number of fused-ring (bicyclic) bond motifs is 10. The van der Waals surface area contributed by atoms with Gasteiger partial charge in [-0.05, 0) is 92.3 Å². The van der Waals surface area contributed by atoms with Crippen LogP contribution in [0.4, 0.5) is 0 Å². The Kier molecular flexibility index (Phi) is 4.45. The maximum atomic E-state index is 6.43. The molecule has 3 aromatic heterocycles. The largest absolute Gasteiger partial charge is 0.464 e. The molecular weight excluding hydrogens is 528 g/mol. The Morgan fingerprint density at radius 1 is 0.326 bits per heavy atom. The molecule has 3 heterocycles. The quantitative estimate of drug-likeness (QED) is 0.201. The van der Waals surface area contributed by atoms with Crippen LogP contribution in [0.1, 0.15) is 0 Å². The van der Waals surface area contributed by atoms with Gasteiger partial charge in [-0.25, -0.2) is 0 Å². The van der Waals surface area contributed by atoms with Gasteiger partial charge in [0.1, 0.15) is 27.9 Å². The summed E-state index contributed by atoms with van der Waals surface area (Å²) in [5.74, 6) is 0. The van der Waals surface area contributed by atoms with E-state index in [0.717, 1.165) is 60.4 Å². The minimum atomic E-state index is 0.869. The number of para-hydroxylation sites is 1. The molecule has 0 bridgehead atoms. The van der Waals surface area contributed by atoms with Gasteiger partial charge in [0, 0.05) is 26.9 Å². The number of hydrogen-bond donors (Lipinski definition) is 0. The fraction of sp³-hybridized carbons (Fsp3) is 0. The van der Waals surface area contributed by atoms with Crippen LogP contribution in [0.3, 0.4) is 0 Å². The molecule has 0 saturated carbocycles. The van der Waals surface area contributed by atoms with Crippen molar-refractivity contribution in [1.29, 1.82) is 0 Å². The lowest BCUT2D eigenvalue weighted by molar-refractivity contribution is 0.615. The highest BCUT2D eigenvalue weighted by Gasteiger charge is 2.19. The Morgan fingerprint density at radius 2 is 0.860 bits per heavy atom. The van der Waals surface area contributed by atoms with E-state index in [9.17, 15) is 0 Å². The summed E-state index contributed by atoms with van der Waals surface area (Å²) in [4.78, 5) is 0. The zero-order chi connectivity index (χ0) is 28.1. The summed E-state index contributed by atoms with van der Waals surface area (Å²) in [5.41, 5.74) is 9.17. The van der Waals surface area contributed by atoms with Gasteiger partial charge in [0.05, 0.1) is 6.26 Å². The van der Waals surface area contributed by atoms with Crippen LogP contribution in [0.15, 0.2) is 147 Å². The van der Waals surface area contributed by atoms with Gasteiger partial charge >= 0.3 is 0 Å². The lowest BCUT2D eigenvalue weighted by Gasteiger charge is -2.17. The van der Waals surface area contributed by atoms with Crippen LogP contribution < -0.4 is 0 Å². The molecule has 0 unspecified atom stereocenters. The standard InChI is InChI=1S/C40H22O3/c1-3-10-28-26(8-1)38(23-14-16-35-32(21-23)25-7-5-6-12-34(25)42-35)27-9-2-4-11-29(27)39(28)24-13-15-30-37(22-24)43-36-18-17-33-31(40(30)36)19-20-41-33/h1-22H. The Morgan fingerprint density at radius 3 is 1.60 bits per heavy atom. The SMILES string of the molecule is c1ccc2c(c1)oc1ccc(-c3c4ccccc4c(-c4ccc5c(c4)oc4ccc6occc6c45)c4ccccc34)cc12. The van der Waals surface area contributed by atoms with Crippen molar-refractivity contribution >= 4 is 76.4 Å². The maximum Gasteiger partial charge on any atom is 0.136 e. The van der Waals surface area contributed by atoms with Gasteiger partial charge in [-0.2, -0.15) is 0 Å². The van der Waals surface area contributed by atoms with Gasteiger partial charge < -0.3 is 13.3 Å². The van der Waals surface area contributed by atoms with E-state index in [1.165, 1.54) is 38.2 Å². The zero-order valence-corrected chi connectivity index (χ0v) is 22.9. The van der Waals surface area contributed by atoms with E-state index in [-0.39, 0.29) is 0 Å². The number of rotatable bonds is 2. The molecule has 0 aliphatic rings. The number of furan rings is 3. The average Bonchev–Trinajstić information content (AvgIpc) is 3.77. The third-order valence-electron chi connectivity index (χ3n) is 8.95. The average molecular weight is 551 g/mol. The highest BCUT2D eigenvalue weighted by molar-refractivity contribution is 6.23. The molecule has 200 valence electrons. The van der Waals surface area contributed by atoms with Gasteiger partial charge in [0.25, 0.3) is 0 Å². The van der Waals surface area contributed by atoms with Crippen molar-refractivity contribution < 1.29 is 13.3 Å². The fourth-order valence-electron chi connectivity index (χ4n) is 7.11. The molecule has 0 saturated heterocycles. The summed E-state index contributed by atoms with van der Waals surface area (Å²) in [6.07, 6.45) is 1.74. The molecule has 10 aromatic rings. The van der Waals surface area contributed by atoms with Gasteiger partial charge in [-0.3, -0.25) is 0 Å². The summed E-state index contributed by atoms with van der Waals surface area (Å²) in [6, 6.07) is 44.9. The van der Waals surface area contributed by atoms with Crippen molar-refractivity contribution in [2.45, 2.75) is 0 Å². The highest BCUT2D eigenvalue weighted by atomic mass is 16.3. The van der Waals surface area contributed by atoms with Crippen LogP contribution in [0.5, 0.6) is 0 Å². The van der Waals surface area contributed by atoms with Crippen LogP contribution in [0.2, 0.25) is 0 Å². The predicted octanol–water partition coefficient (Wildman–Crippen LogP) is 11.9. The second-order valence-corrected chi connectivity index (χ2v) is 11.2. The Balaban J connectivity index is 1.27. The first-order valence-corrected chi connectivity index (χ1v) is 14.5. The molecule has 3 heteroatoms. The monoisotopic (exact) mass is 550 g/mol. The molecule has 0 spiro atoms. The number of benzene rings is 7. The molecule has 0 amide bonds. The Labute approximate surface area is 245 Å². The van der Waals surface area contributed by atoms with Crippen molar-refractivity contribution in [3.63, 3.8) is 0 Å². The Hall–Kier alpha value is -5.80. The molecule has 0 fully saturated rings. The molecule has 0 aliphatic carbocycles. The molecule has 10 rings (SSSR count).